The van der Waals surface area contributed by atoms with E-state index in [0.717, 1.165) is 11.1 Å². The number of hydrogen-bond acceptors (Lipinski definition) is 4. The highest BCUT2D eigenvalue weighted by molar-refractivity contribution is 6.08. The topological polar surface area (TPSA) is 76.7 Å². The molecule has 0 aliphatic rings. The third kappa shape index (κ3) is 4.73. The summed E-state index contributed by atoms with van der Waals surface area (Å²) in [5, 5.41) is 5.44. The van der Waals surface area contributed by atoms with Gasteiger partial charge in [-0.3, -0.25) is 9.59 Å². The summed E-state index contributed by atoms with van der Waals surface area (Å²) in [7, 11) is 3.04. The lowest BCUT2D eigenvalue weighted by atomic mass is 10.1. The molecule has 0 fully saturated rings. The zero-order valence-corrected chi connectivity index (χ0v) is 14.8. The summed E-state index contributed by atoms with van der Waals surface area (Å²) in [5.74, 6) is 0.252. The maximum atomic E-state index is 12.2. The molecule has 2 rings (SSSR count). The number of ether oxygens (including phenoxy) is 2. The molecule has 25 heavy (non-hydrogen) atoms. The molecule has 0 spiro atoms. The Kier molecular flexibility index (Phi) is 6.00. The number of carbonyl (C=O) groups excluding carboxylic acids is 2. The Morgan fingerprint density at radius 2 is 1.60 bits per heavy atom. The van der Waals surface area contributed by atoms with E-state index in [9.17, 15) is 9.59 Å². The second kappa shape index (κ2) is 8.19. The predicted octanol–water partition coefficient (Wildman–Crippen LogP) is 3.29. The van der Waals surface area contributed by atoms with E-state index in [2.05, 4.69) is 10.6 Å². The quantitative estimate of drug-likeness (QED) is 0.790. The van der Waals surface area contributed by atoms with Crippen molar-refractivity contribution in [1.29, 1.82) is 0 Å². The minimum absolute atomic E-state index is 0.298. The van der Waals surface area contributed by atoms with Gasteiger partial charge in [-0.25, -0.2) is 0 Å². The molecule has 2 amide bonds. The van der Waals surface area contributed by atoms with E-state index in [-0.39, 0.29) is 12.3 Å². The number of carbonyl (C=O) groups is 2. The van der Waals surface area contributed by atoms with Gasteiger partial charge in [-0.2, -0.15) is 0 Å². The van der Waals surface area contributed by atoms with Crippen LogP contribution in [0.4, 0.5) is 11.4 Å². The van der Waals surface area contributed by atoms with Crippen molar-refractivity contribution in [2.45, 2.75) is 20.3 Å². The smallest absolute Gasteiger partial charge is 0.233 e. The van der Waals surface area contributed by atoms with Gasteiger partial charge in [0.2, 0.25) is 11.8 Å². The van der Waals surface area contributed by atoms with Crippen LogP contribution in [0, 0.1) is 13.8 Å². The van der Waals surface area contributed by atoms with Gasteiger partial charge in [-0.1, -0.05) is 12.1 Å². The molecule has 0 unspecified atom stereocenters. The van der Waals surface area contributed by atoms with E-state index in [4.69, 9.17) is 9.47 Å². The van der Waals surface area contributed by atoms with Crippen LogP contribution < -0.4 is 20.1 Å². The molecule has 2 aromatic carbocycles. The first kappa shape index (κ1) is 18.3. The normalized spacial score (nSPS) is 10.1. The monoisotopic (exact) mass is 342 g/mol. The summed E-state index contributed by atoms with van der Waals surface area (Å²) in [5.41, 5.74) is 3.21. The molecular formula is C19H22N2O4. The maximum absolute atomic E-state index is 12.2. The molecule has 6 heteroatoms. The van der Waals surface area contributed by atoms with Crippen LogP contribution in [0.1, 0.15) is 17.5 Å². The first-order valence-corrected chi connectivity index (χ1v) is 7.82. The number of aryl methyl sites for hydroxylation is 1. The summed E-state index contributed by atoms with van der Waals surface area (Å²) >= 11 is 0. The zero-order valence-electron chi connectivity index (χ0n) is 14.8. The fraction of sp³-hybridized carbons (Fsp3) is 0.263. The number of hydrogen-bond donors (Lipinski definition) is 2. The Hall–Kier alpha value is -3.02. The lowest BCUT2D eigenvalue weighted by Crippen LogP contribution is -2.22. The Morgan fingerprint density at radius 1 is 0.920 bits per heavy atom. The molecule has 0 bridgehead atoms. The number of benzene rings is 2. The average molecular weight is 342 g/mol. The van der Waals surface area contributed by atoms with Crippen LogP contribution in [-0.2, 0) is 9.59 Å². The lowest BCUT2D eigenvalue weighted by molar-refractivity contribution is -0.123. The molecule has 0 saturated carbocycles. The molecule has 0 radical (unpaired) electrons. The third-order valence-electron chi connectivity index (χ3n) is 3.88. The Labute approximate surface area is 147 Å². The van der Waals surface area contributed by atoms with Crippen LogP contribution in [0.25, 0.3) is 0 Å². The van der Waals surface area contributed by atoms with E-state index >= 15 is 0 Å². The van der Waals surface area contributed by atoms with Gasteiger partial charge >= 0.3 is 0 Å². The van der Waals surface area contributed by atoms with Crippen LogP contribution in [0.3, 0.4) is 0 Å². The fourth-order valence-electron chi connectivity index (χ4n) is 2.33. The summed E-state index contributed by atoms with van der Waals surface area (Å²) in [6.45, 7) is 3.89. The summed E-state index contributed by atoms with van der Waals surface area (Å²) in [4.78, 5) is 24.3. The van der Waals surface area contributed by atoms with Crippen LogP contribution in [0.2, 0.25) is 0 Å². The number of amides is 2. The second-order valence-corrected chi connectivity index (χ2v) is 5.59. The minimum atomic E-state index is -0.436. The number of nitrogens with one attached hydrogen (secondary N) is 2. The number of rotatable bonds is 6. The number of anilines is 2. The minimum Gasteiger partial charge on any atom is -0.497 e. The molecule has 0 aliphatic carbocycles. The molecule has 0 heterocycles. The number of methoxy groups -OCH3 is 2. The van der Waals surface area contributed by atoms with Crippen molar-refractivity contribution in [3.63, 3.8) is 0 Å². The highest BCUT2D eigenvalue weighted by Gasteiger charge is 2.14. The van der Waals surface area contributed by atoms with Crippen molar-refractivity contribution in [2.75, 3.05) is 24.9 Å². The Bertz CT molecular complexity index is 787. The van der Waals surface area contributed by atoms with Crippen molar-refractivity contribution in [3.05, 3.63) is 47.5 Å². The van der Waals surface area contributed by atoms with E-state index in [1.165, 1.54) is 14.2 Å². The molecule has 2 aromatic rings. The van der Waals surface area contributed by atoms with E-state index in [1.54, 1.807) is 18.2 Å². The fourth-order valence-corrected chi connectivity index (χ4v) is 2.33. The molecule has 0 aliphatic heterocycles. The van der Waals surface area contributed by atoms with Crippen molar-refractivity contribution in [2.24, 2.45) is 0 Å². The summed E-state index contributed by atoms with van der Waals surface area (Å²) in [6, 6.07) is 10.7. The van der Waals surface area contributed by atoms with Gasteiger partial charge in [0.15, 0.2) is 0 Å². The molecule has 0 saturated heterocycles. The first-order chi connectivity index (χ1) is 11.9. The van der Waals surface area contributed by atoms with Crippen molar-refractivity contribution in [3.8, 4) is 11.5 Å². The third-order valence-corrected chi connectivity index (χ3v) is 3.88. The second-order valence-electron chi connectivity index (χ2n) is 5.59. The van der Waals surface area contributed by atoms with Gasteiger partial charge in [0.1, 0.15) is 17.9 Å². The molecule has 0 atom stereocenters. The summed E-state index contributed by atoms with van der Waals surface area (Å²) in [6.07, 6.45) is -0.298. The van der Waals surface area contributed by atoms with Crippen LogP contribution in [0.5, 0.6) is 11.5 Å². The molecule has 6 nitrogen and oxygen atoms in total. The average Bonchev–Trinajstić information content (AvgIpc) is 2.58. The maximum Gasteiger partial charge on any atom is 0.233 e. The van der Waals surface area contributed by atoms with Gasteiger partial charge < -0.3 is 20.1 Å². The van der Waals surface area contributed by atoms with Gasteiger partial charge in [0.25, 0.3) is 0 Å². The largest absolute Gasteiger partial charge is 0.497 e. The molecular weight excluding hydrogens is 320 g/mol. The van der Waals surface area contributed by atoms with Crippen LogP contribution >= 0.6 is 0 Å². The van der Waals surface area contributed by atoms with Gasteiger partial charge in [-0.15, -0.1) is 0 Å². The zero-order chi connectivity index (χ0) is 18.4. The lowest BCUT2D eigenvalue weighted by Gasteiger charge is -2.12. The van der Waals surface area contributed by atoms with E-state index in [1.807, 2.05) is 32.0 Å². The van der Waals surface area contributed by atoms with Crippen molar-refractivity contribution < 1.29 is 19.1 Å². The first-order valence-electron chi connectivity index (χ1n) is 7.82. The van der Waals surface area contributed by atoms with E-state index < -0.39 is 5.91 Å². The standard InChI is InChI=1S/C19H22N2O4/c1-12-6-5-7-15(13(12)2)20-18(22)11-19(23)21-16-10-14(24-3)8-9-17(16)25-4/h5-10H,11H2,1-4H3,(H,20,22)(H,21,23). The Morgan fingerprint density at radius 3 is 2.24 bits per heavy atom. The molecule has 132 valence electrons. The molecule has 2 N–H and O–H groups in total. The van der Waals surface area contributed by atoms with Gasteiger partial charge in [0, 0.05) is 11.8 Å². The highest BCUT2D eigenvalue weighted by Crippen LogP contribution is 2.29. The summed E-state index contributed by atoms with van der Waals surface area (Å²) < 4.78 is 10.3. The predicted molar refractivity (Wildman–Crippen MR) is 97.3 cm³/mol. The van der Waals surface area contributed by atoms with Crippen LogP contribution in [0.15, 0.2) is 36.4 Å². The SMILES string of the molecule is COc1ccc(OC)c(NC(=O)CC(=O)Nc2cccc(C)c2C)c1. The van der Waals surface area contributed by atoms with Gasteiger partial charge in [0.05, 0.1) is 19.9 Å². The Balaban J connectivity index is 2.02. The van der Waals surface area contributed by atoms with Gasteiger partial charge in [-0.05, 0) is 43.2 Å². The van der Waals surface area contributed by atoms with Crippen molar-refractivity contribution >= 4 is 23.2 Å². The van der Waals surface area contributed by atoms with Crippen LogP contribution in [-0.4, -0.2) is 26.0 Å². The molecule has 0 aromatic heterocycles. The highest BCUT2D eigenvalue weighted by atomic mass is 16.5. The van der Waals surface area contributed by atoms with E-state index in [0.29, 0.717) is 22.9 Å². The van der Waals surface area contributed by atoms with Crippen molar-refractivity contribution in [1.82, 2.24) is 0 Å².